The van der Waals surface area contributed by atoms with E-state index in [-0.39, 0.29) is 10.1 Å². The Hall–Kier alpha value is -1.30. The third-order valence-corrected chi connectivity index (χ3v) is 1.84. The topological polar surface area (TPSA) is 76.1 Å². The molecule has 1 saturated heterocycles. The number of halogens is 2. The van der Waals surface area contributed by atoms with Crippen molar-refractivity contribution in [1.29, 1.82) is 0 Å². The maximum absolute atomic E-state index is 10.2. The first-order valence-electron chi connectivity index (χ1n) is 5.47. The largest absolute Gasteiger partial charge is 0.478 e. The Morgan fingerprint density at radius 2 is 1.90 bits per heavy atom. The van der Waals surface area contributed by atoms with E-state index in [9.17, 15) is 9.59 Å². The van der Waals surface area contributed by atoms with Crippen LogP contribution in [0.25, 0.3) is 0 Å². The third kappa shape index (κ3) is 19.0. The number of carboxylic acids is 1. The minimum absolute atomic E-state index is 0.111. The van der Waals surface area contributed by atoms with E-state index < -0.39 is 11.9 Å². The number of methoxy groups -OCH3 is 1. The first kappa shape index (κ1) is 21.0. The smallest absolute Gasteiger partial charge is 0.330 e. The molecule has 0 aromatic carbocycles. The molecule has 1 aliphatic rings. The van der Waals surface area contributed by atoms with Gasteiger partial charge >= 0.3 is 11.9 Å². The van der Waals surface area contributed by atoms with Gasteiger partial charge in [-0.25, -0.2) is 9.59 Å². The quantitative estimate of drug-likeness (QED) is 0.477. The van der Waals surface area contributed by atoms with E-state index in [0.29, 0.717) is 12.5 Å². The van der Waals surface area contributed by atoms with Gasteiger partial charge in [0.1, 0.15) is 0 Å². The minimum atomic E-state index is -0.902. The van der Waals surface area contributed by atoms with Gasteiger partial charge in [-0.2, -0.15) is 0 Å². The monoisotopic (exact) mass is 324 g/mol. The molecule has 1 atom stereocenters. The van der Waals surface area contributed by atoms with Gasteiger partial charge in [-0.1, -0.05) is 42.9 Å². The predicted octanol–water partition coefficient (Wildman–Crippen LogP) is 3.09. The van der Waals surface area contributed by atoms with E-state index in [2.05, 4.69) is 24.5 Å². The number of rotatable bonds is 5. The maximum Gasteiger partial charge on any atom is 0.330 e. The Kier molecular flexibility index (Phi) is 13.4. The molecule has 1 unspecified atom stereocenters. The van der Waals surface area contributed by atoms with E-state index in [4.69, 9.17) is 33.0 Å². The van der Waals surface area contributed by atoms with E-state index in [1.807, 2.05) is 0 Å². The number of carbonyl (C=O) groups excluding carboxylic acids is 1. The average molecular weight is 325 g/mol. The van der Waals surface area contributed by atoms with Crippen molar-refractivity contribution in [2.75, 3.05) is 13.7 Å². The predicted molar refractivity (Wildman–Crippen MR) is 78.8 cm³/mol. The summed E-state index contributed by atoms with van der Waals surface area (Å²) < 4.78 is 9.16. The fourth-order valence-electron chi connectivity index (χ4n) is 0.760. The molecule has 1 N–H and O–H groups in total. The molecule has 0 spiro atoms. The number of aliphatic carboxylic acids is 1. The Labute approximate surface area is 128 Å². The average Bonchev–Trinajstić information content (AvgIpc) is 3.18. The van der Waals surface area contributed by atoms with Crippen molar-refractivity contribution in [3.8, 4) is 0 Å². The fourth-order valence-corrected chi connectivity index (χ4v) is 0.760. The van der Waals surface area contributed by atoms with Crippen LogP contribution in [0, 0.1) is 0 Å². The van der Waals surface area contributed by atoms with Crippen molar-refractivity contribution < 1.29 is 24.2 Å². The van der Waals surface area contributed by atoms with Crippen molar-refractivity contribution in [3.05, 3.63) is 35.9 Å². The van der Waals surface area contributed by atoms with Crippen LogP contribution < -0.4 is 0 Å². The lowest BCUT2D eigenvalue weighted by Crippen LogP contribution is -1.99. The van der Waals surface area contributed by atoms with E-state index in [0.717, 1.165) is 19.1 Å². The molecule has 1 rings (SSSR count). The number of carboxylic acid groups (broad SMARTS) is 1. The highest BCUT2D eigenvalue weighted by Gasteiger charge is 2.22. The second kappa shape index (κ2) is 12.7. The molecule has 0 aromatic heterocycles. The zero-order chi connectivity index (χ0) is 16.1. The van der Waals surface area contributed by atoms with Gasteiger partial charge in [-0.05, 0) is 12.8 Å². The number of carbonyl (C=O) groups is 2. The fraction of sp³-hybridized carbons (Fsp3) is 0.385. The molecule has 0 radical (unpaired) electrons. The Morgan fingerprint density at radius 3 is 2.10 bits per heavy atom. The zero-order valence-corrected chi connectivity index (χ0v) is 12.7. The molecular formula is C13H18Cl2O5. The summed E-state index contributed by atoms with van der Waals surface area (Å²) in [7, 11) is 1.31. The van der Waals surface area contributed by atoms with Crippen molar-refractivity contribution in [2.45, 2.75) is 18.9 Å². The van der Waals surface area contributed by atoms with Gasteiger partial charge in [0.25, 0.3) is 0 Å². The van der Waals surface area contributed by atoms with Crippen LogP contribution in [-0.4, -0.2) is 36.9 Å². The van der Waals surface area contributed by atoms with Crippen LogP contribution >= 0.6 is 23.2 Å². The highest BCUT2D eigenvalue weighted by Crippen LogP contribution is 2.17. The minimum Gasteiger partial charge on any atom is -0.478 e. The molecule has 0 amide bonds. The molecule has 0 aliphatic carbocycles. The van der Waals surface area contributed by atoms with Gasteiger partial charge in [-0.15, -0.1) is 0 Å². The summed E-state index contributed by atoms with van der Waals surface area (Å²) in [5, 5.41) is 8.37. The van der Waals surface area contributed by atoms with Crippen LogP contribution in [-0.2, 0) is 19.1 Å². The molecule has 1 aliphatic heterocycles. The lowest BCUT2D eigenvalue weighted by Gasteiger charge is -1.95. The summed E-state index contributed by atoms with van der Waals surface area (Å²) in [6, 6.07) is 0. The number of hydrogen-bond acceptors (Lipinski definition) is 4. The molecule has 0 bridgehead atoms. The van der Waals surface area contributed by atoms with E-state index in [1.54, 1.807) is 0 Å². The highest BCUT2D eigenvalue weighted by atomic mass is 35.5. The van der Waals surface area contributed by atoms with Crippen molar-refractivity contribution >= 4 is 35.1 Å². The van der Waals surface area contributed by atoms with Crippen molar-refractivity contribution in [1.82, 2.24) is 0 Å². The zero-order valence-electron chi connectivity index (χ0n) is 11.2. The second-order valence-corrected chi connectivity index (χ2v) is 4.57. The summed E-state index contributed by atoms with van der Waals surface area (Å²) in [5.74, 6) is -1.30. The van der Waals surface area contributed by atoms with Gasteiger partial charge in [-0.3, -0.25) is 0 Å². The van der Waals surface area contributed by atoms with Crippen LogP contribution in [0.4, 0.5) is 0 Å². The SMILES string of the molecule is C=C(CCC1CO1)C(=O)O.C=C(Cl)Cl.C=CC(=O)OC. The number of hydrogen-bond donors (Lipinski definition) is 1. The summed E-state index contributed by atoms with van der Waals surface area (Å²) in [6.45, 7) is 10.4. The third-order valence-electron chi connectivity index (χ3n) is 1.84. The lowest BCUT2D eigenvalue weighted by atomic mass is 10.1. The van der Waals surface area contributed by atoms with Gasteiger partial charge in [0.15, 0.2) is 0 Å². The molecule has 1 heterocycles. The van der Waals surface area contributed by atoms with Crippen LogP contribution in [0.15, 0.2) is 35.9 Å². The highest BCUT2D eigenvalue weighted by molar-refractivity contribution is 6.55. The van der Waals surface area contributed by atoms with Gasteiger partial charge < -0.3 is 14.6 Å². The first-order chi connectivity index (χ1) is 9.24. The summed E-state index contributed by atoms with van der Waals surface area (Å²) >= 11 is 9.69. The molecule has 5 nitrogen and oxygen atoms in total. The van der Waals surface area contributed by atoms with Crippen LogP contribution in [0.3, 0.4) is 0 Å². The summed E-state index contributed by atoms with van der Waals surface area (Å²) in [6.07, 6.45) is 2.75. The summed E-state index contributed by atoms with van der Waals surface area (Å²) in [5.41, 5.74) is 0.274. The van der Waals surface area contributed by atoms with E-state index in [1.165, 1.54) is 7.11 Å². The molecule has 1 fully saturated rings. The Balaban J connectivity index is 0. The van der Waals surface area contributed by atoms with Crippen LogP contribution in [0.2, 0.25) is 0 Å². The number of ether oxygens (including phenoxy) is 2. The number of epoxide rings is 1. The lowest BCUT2D eigenvalue weighted by molar-refractivity contribution is -0.135. The van der Waals surface area contributed by atoms with Gasteiger partial charge in [0, 0.05) is 11.6 Å². The molecule has 7 heteroatoms. The Bertz CT molecular complexity index is 358. The van der Waals surface area contributed by atoms with Crippen LogP contribution in [0.1, 0.15) is 12.8 Å². The van der Waals surface area contributed by atoms with E-state index >= 15 is 0 Å². The first-order valence-corrected chi connectivity index (χ1v) is 6.23. The second-order valence-electron chi connectivity index (χ2n) is 3.47. The molecular weight excluding hydrogens is 307 g/mol. The van der Waals surface area contributed by atoms with Crippen molar-refractivity contribution in [3.63, 3.8) is 0 Å². The Morgan fingerprint density at radius 1 is 1.45 bits per heavy atom. The summed E-state index contributed by atoms with van der Waals surface area (Å²) in [4.78, 5) is 20.0. The normalized spacial score (nSPS) is 14.4. The molecule has 0 aromatic rings. The molecule has 0 saturated carbocycles. The molecule has 20 heavy (non-hydrogen) atoms. The maximum atomic E-state index is 10.2. The number of esters is 1. The van der Waals surface area contributed by atoms with Gasteiger partial charge in [0.05, 0.1) is 24.3 Å². The van der Waals surface area contributed by atoms with Crippen LogP contribution in [0.5, 0.6) is 0 Å². The standard InChI is InChI=1S/C7H10O3.C4H6O2.C2H2Cl2/c1-5(7(8)9)2-3-6-4-10-6;1-3-4(5)6-2;1-2(3)4/h6H,1-4H2,(H,8,9);3H,1H2,2H3;1H2. The van der Waals surface area contributed by atoms with Gasteiger partial charge in [0.2, 0.25) is 0 Å². The van der Waals surface area contributed by atoms with Crippen molar-refractivity contribution in [2.24, 2.45) is 0 Å². The molecule has 114 valence electrons.